The van der Waals surface area contributed by atoms with E-state index >= 15 is 0 Å². The fourth-order valence-electron chi connectivity index (χ4n) is 3.68. The molecule has 1 saturated carbocycles. The van der Waals surface area contributed by atoms with E-state index in [9.17, 15) is 0 Å². The maximum absolute atomic E-state index is 4.76. The predicted octanol–water partition coefficient (Wildman–Crippen LogP) is 5.52. The van der Waals surface area contributed by atoms with Gasteiger partial charge in [0.25, 0.3) is 0 Å². The summed E-state index contributed by atoms with van der Waals surface area (Å²) in [5.41, 5.74) is 4.21. The number of rotatable bonds is 3. The first kappa shape index (κ1) is 16.4. The summed E-state index contributed by atoms with van der Waals surface area (Å²) in [5, 5.41) is 1.43. The number of hydrogen-bond acceptors (Lipinski definition) is 1. The van der Waals surface area contributed by atoms with Crippen LogP contribution in [0.25, 0.3) is 11.3 Å². The van der Waals surface area contributed by atoms with E-state index in [0.717, 1.165) is 5.69 Å². The van der Waals surface area contributed by atoms with Crippen molar-refractivity contribution in [2.24, 2.45) is 0 Å². The van der Waals surface area contributed by atoms with Crippen LogP contribution in [0.5, 0.6) is 0 Å². The topological polar surface area (TPSA) is 12.9 Å². The highest BCUT2D eigenvalue weighted by Gasteiger charge is 2.28. The van der Waals surface area contributed by atoms with E-state index in [1.54, 1.807) is 0 Å². The van der Waals surface area contributed by atoms with Crippen LogP contribution in [0.1, 0.15) is 44.6 Å². The lowest BCUT2D eigenvalue weighted by molar-refractivity contribution is 0.319. The molecule has 1 aliphatic carbocycles. The monoisotopic (exact) mass is 323 g/mol. The molecule has 2 aromatic rings. The van der Waals surface area contributed by atoms with Gasteiger partial charge in [0.15, 0.2) is 0 Å². The molecule has 0 atom stereocenters. The van der Waals surface area contributed by atoms with Gasteiger partial charge in [-0.1, -0.05) is 70.1 Å². The van der Waals surface area contributed by atoms with Crippen molar-refractivity contribution in [3.63, 3.8) is 0 Å². The zero-order valence-electron chi connectivity index (χ0n) is 15.0. The summed E-state index contributed by atoms with van der Waals surface area (Å²) in [6.07, 6.45) is 8.86. The zero-order valence-corrected chi connectivity index (χ0v) is 16.0. The zero-order chi connectivity index (χ0) is 16.5. The molecule has 1 heterocycles. The Balaban J connectivity index is 1.90. The summed E-state index contributed by atoms with van der Waals surface area (Å²) in [7, 11) is -1.27. The van der Waals surface area contributed by atoms with Crippen LogP contribution in [0.3, 0.4) is 0 Å². The molecule has 0 amide bonds. The lowest BCUT2D eigenvalue weighted by atomic mass is 9.71. The van der Waals surface area contributed by atoms with Crippen LogP contribution in [0.4, 0.5) is 0 Å². The Morgan fingerprint density at radius 1 is 0.957 bits per heavy atom. The standard InChI is InChI=1S/C21H29NSi/c1-21(13-6-5-7-14-21)18-10-8-9-17(15-18)20-12-11-19(16-22-20)23(2,3)4/h8-12,15-16H,5-7,13-14H2,1-4H3. The molecule has 0 unspecified atom stereocenters. The molecule has 1 fully saturated rings. The largest absolute Gasteiger partial charge is 0.256 e. The summed E-state index contributed by atoms with van der Waals surface area (Å²) in [4.78, 5) is 4.76. The van der Waals surface area contributed by atoms with Crippen molar-refractivity contribution >= 4 is 13.3 Å². The summed E-state index contributed by atoms with van der Waals surface area (Å²) >= 11 is 0. The molecule has 0 aliphatic heterocycles. The first-order valence-electron chi connectivity index (χ1n) is 8.96. The summed E-state index contributed by atoms with van der Waals surface area (Å²) in [6, 6.07) is 13.6. The maximum atomic E-state index is 4.76. The second kappa shape index (κ2) is 6.24. The first-order chi connectivity index (χ1) is 10.9. The number of pyridine rings is 1. The molecule has 0 bridgehead atoms. The van der Waals surface area contributed by atoms with Crippen molar-refractivity contribution in [2.45, 2.75) is 64.1 Å². The normalized spacial score (nSPS) is 17.9. The first-order valence-corrected chi connectivity index (χ1v) is 12.5. The van der Waals surface area contributed by atoms with Crippen LogP contribution >= 0.6 is 0 Å². The fraction of sp³-hybridized carbons (Fsp3) is 0.476. The average molecular weight is 324 g/mol. The van der Waals surface area contributed by atoms with Crippen LogP contribution in [-0.2, 0) is 5.41 Å². The van der Waals surface area contributed by atoms with Gasteiger partial charge in [-0.25, -0.2) is 0 Å². The fourth-order valence-corrected chi connectivity index (χ4v) is 4.72. The van der Waals surface area contributed by atoms with Crippen LogP contribution < -0.4 is 5.19 Å². The van der Waals surface area contributed by atoms with Gasteiger partial charge in [0, 0.05) is 11.8 Å². The highest BCUT2D eigenvalue weighted by molar-refractivity contribution is 6.88. The van der Waals surface area contributed by atoms with Crippen LogP contribution in [0.2, 0.25) is 19.6 Å². The van der Waals surface area contributed by atoms with Gasteiger partial charge in [0.05, 0.1) is 13.8 Å². The Morgan fingerprint density at radius 3 is 2.30 bits per heavy atom. The summed E-state index contributed by atoms with van der Waals surface area (Å²) in [5.74, 6) is 0. The molecule has 0 N–H and O–H groups in total. The van der Waals surface area contributed by atoms with Crippen molar-refractivity contribution in [3.8, 4) is 11.3 Å². The minimum atomic E-state index is -1.27. The number of aromatic nitrogens is 1. The second-order valence-electron chi connectivity index (χ2n) is 8.38. The minimum absolute atomic E-state index is 0.354. The third kappa shape index (κ3) is 3.58. The molecule has 122 valence electrons. The van der Waals surface area contributed by atoms with Gasteiger partial charge >= 0.3 is 0 Å². The lowest BCUT2D eigenvalue weighted by Gasteiger charge is -2.34. The second-order valence-corrected chi connectivity index (χ2v) is 13.5. The molecular formula is C21H29NSi. The Hall–Kier alpha value is -1.41. The van der Waals surface area contributed by atoms with Gasteiger partial charge in [-0.2, -0.15) is 0 Å². The molecule has 1 aromatic heterocycles. The van der Waals surface area contributed by atoms with Crippen molar-refractivity contribution in [3.05, 3.63) is 48.2 Å². The molecule has 1 aliphatic rings. The van der Waals surface area contributed by atoms with E-state index in [0.29, 0.717) is 5.41 Å². The van der Waals surface area contributed by atoms with E-state index in [2.05, 4.69) is 69.2 Å². The molecule has 1 aromatic carbocycles. The van der Waals surface area contributed by atoms with Gasteiger partial charge in [0.1, 0.15) is 0 Å². The minimum Gasteiger partial charge on any atom is -0.256 e. The van der Waals surface area contributed by atoms with E-state index in [1.165, 1.54) is 48.4 Å². The molecule has 0 radical (unpaired) electrons. The quantitative estimate of drug-likeness (QED) is 0.678. The SMILES string of the molecule is CC1(c2cccc(-c3ccc([Si](C)(C)C)cn3)c2)CCCCC1. The van der Waals surface area contributed by atoms with Gasteiger partial charge in [-0.05, 0) is 41.1 Å². The molecule has 0 saturated heterocycles. The predicted molar refractivity (Wildman–Crippen MR) is 103 cm³/mol. The Labute approximate surface area is 142 Å². The smallest absolute Gasteiger partial charge is 0.0796 e. The Morgan fingerprint density at radius 2 is 1.70 bits per heavy atom. The van der Waals surface area contributed by atoms with Crippen LogP contribution in [0.15, 0.2) is 42.6 Å². The number of nitrogens with zero attached hydrogens (tertiary/aromatic N) is 1. The molecule has 1 nitrogen and oxygen atoms in total. The molecule has 2 heteroatoms. The van der Waals surface area contributed by atoms with E-state index in [4.69, 9.17) is 4.98 Å². The van der Waals surface area contributed by atoms with Crippen LogP contribution in [0, 0.1) is 0 Å². The van der Waals surface area contributed by atoms with Gasteiger partial charge in [-0.3, -0.25) is 4.98 Å². The number of hydrogen-bond donors (Lipinski definition) is 0. The van der Waals surface area contributed by atoms with Gasteiger partial charge in [0.2, 0.25) is 0 Å². The van der Waals surface area contributed by atoms with Gasteiger partial charge < -0.3 is 0 Å². The van der Waals surface area contributed by atoms with Gasteiger partial charge in [-0.15, -0.1) is 0 Å². The van der Waals surface area contributed by atoms with E-state index < -0.39 is 8.07 Å². The maximum Gasteiger partial charge on any atom is 0.0796 e. The summed E-state index contributed by atoms with van der Waals surface area (Å²) in [6.45, 7) is 9.55. The average Bonchev–Trinajstić information content (AvgIpc) is 2.55. The Kier molecular flexibility index (Phi) is 4.46. The third-order valence-corrected chi connectivity index (χ3v) is 7.47. The van der Waals surface area contributed by atoms with Crippen molar-refractivity contribution in [2.75, 3.05) is 0 Å². The Bertz CT molecular complexity index is 661. The van der Waals surface area contributed by atoms with E-state index in [1.807, 2.05) is 0 Å². The molecule has 0 spiro atoms. The van der Waals surface area contributed by atoms with Crippen LogP contribution in [-0.4, -0.2) is 13.1 Å². The highest BCUT2D eigenvalue weighted by atomic mass is 28.3. The van der Waals surface area contributed by atoms with E-state index in [-0.39, 0.29) is 0 Å². The molecular weight excluding hydrogens is 294 g/mol. The number of benzene rings is 1. The summed E-state index contributed by atoms with van der Waals surface area (Å²) < 4.78 is 0. The van der Waals surface area contributed by atoms with Crippen molar-refractivity contribution in [1.82, 2.24) is 4.98 Å². The third-order valence-electron chi connectivity index (χ3n) is 5.44. The van der Waals surface area contributed by atoms with Crippen molar-refractivity contribution < 1.29 is 0 Å². The molecule has 23 heavy (non-hydrogen) atoms. The lowest BCUT2D eigenvalue weighted by Crippen LogP contribution is -2.37. The highest BCUT2D eigenvalue weighted by Crippen LogP contribution is 2.39. The van der Waals surface area contributed by atoms with Crippen molar-refractivity contribution in [1.29, 1.82) is 0 Å². The molecule has 3 rings (SSSR count).